The fraction of sp³-hybridized carbons (Fsp3) is 0.471. The third-order valence-electron chi connectivity index (χ3n) is 3.38. The van der Waals surface area contributed by atoms with Crippen LogP contribution < -0.4 is 0 Å². The summed E-state index contributed by atoms with van der Waals surface area (Å²) in [5.41, 5.74) is 4.20. The molecule has 0 aliphatic rings. The van der Waals surface area contributed by atoms with Crippen LogP contribution in [0, 0.1) is 12.8 Å². The van der Waals surface area contributed by atoms with E-state index in [1.807, 2.05) is 0 Å². The largest absolute Gasteiger partial charge is 0.493 e. The normalized spacial score (nSPS) is 11.2. The number of nitrogens with zero attached hydrogens (tertiary/aromatic N) is 2. The van der Waals surface area contributed by atoms with Gasteiger partial charge in [0.1, 0.15) is 0 Å². The molecule has 3 nitrogen and oxygen atoms in total. The van der Waals surface area contributed by atoms with Crippen LogP contribution in [0.25, 0.3) is 11.3 Å². The van der Waals surface area contributed by atoms with Gasteiger partial charge in [0.15, 0.2) is 0 Å². The Labute approximate surface area is 121 Å². The molecular formula is C17H24N2O. The van der Waals surface area contributed by atoms with Crippen molar-refractivity contribution in [1.82, 2.24) is 9.78 Å². The predicted octanol–water partition coefficient (Wildman–Crippen LogP) is 4.17. The Bertz CT molecular complexity index is 567. The highest BCUT2D eigenvalue weighted by Crippen LogP contribution is 2.31. The molecule has 0 fully saturated rings. The van der Waals surface area contributed by atoms with Crippen molar-refractivity contribution in [2.24, 2.45) is 5.92 Å². The van der Waals surface area contributed by atoms with Crippen molar-refractivity contribution in [3.8, 4) is 17.1 Å². The molecule has 0 spiro atoms. The molecule has 1 N–H and O–H groups in total. The van der Waals surface area contributed by atoms with Crippen molar-refractivity contribution >= 4 is 0 Å². The van der Waals surface area contributed by atoms with Crippen molar-refractivity contribution in [2.75, 3.05) is 0 Å². The van der Waals surface area contributed by atoms with Gasteiger partial charge < -0.3 is 5.11 Å². The first-order chi connectivity index (χ1) is 9.52. The van der Waals surface area contributed by atoms with E-state index < -0.39 is 0 Å². The Balaban J connectivity index is 2.47. The molecule has 0 saturated heterocycles. The van der Waals surface area contributed by atoms with Crippen LogP contribution in [0.3, 0.4) is 0 Å². The third-order valence-corrected chi connectivity index (χ3v) is 3.38. The molecule has 0 saturated carbocycles. The van der Waals surface area contributed by atoms with Crippen LogP contribution in [0.5, 0.6) is 5.88 Å². The minimum Gasteiger partial charge on any atom is -0.493 e. The number of aromatic nitrogens is 2. The highest BCUT2D eigenvalue weighted by atomic mass is 16.3. The van der Waals surface area contributed by atoms with Gasteiger partial charge in [-0.3, -0.25) is 0 Å². The van der Waals surface area contributed by atoms with Crippen LogP contribution >= 0.6 is 0 Å². The summed E-state index contributed by atoms with van der Waals surface area (Å²) in [5, 5.41) is 15.0. The maximum absolute atomic E-state index is 10.4. The molecule has 0 unspecified atom stereocenters. The predicted molar refractivity (Wildman–Crippen MR) is 82.9 cm³/mol. The third kappa shape index (κ3) is 3.03. The van der Waals surface area contributed by atoms with E-state index in [0.717, 1.165) is 36.2 Å². The van der Waals surface area contributed by atoms with Crippen LogP contribution in [0.15, 0.2) is 24.3 Å². The first-order valence-corrected chi connectivity index (χ1v) is 7.38. The molecule has 1 aromatic heterocycles. The van der Waals surface area contributed by atoms with E-state index in [4.69, 9.17) is 0 Å². The molecule has 2 aromatic rings. The minimum atomic E-state index is 0.330. The zero-order chi connectivity index (χ0) is 14.7. The Morgan fingerprint density at radius 2 is 1.85 bits per heavy atom. The summed E-state index contributed by atoms with van der Waals surface area (Å²) in [5.74, 6) is 0.789. The summed E-state index contributed by atoms with van der Waals surface area (Å²) >= 11 is 0. The second-order valence-corrected chi connectivity index (χ2v) is 5.84. The number of hydrogen-bond donors (Lipinski definition) is 1. The van der Waals surface area contributed by atoms with Crippen LogP contribution in [-0.4, -0.2) is 14.9 Å². The lowest BCUT2D eigenvalue weighted by molar-refractivity contribution is 0.368. The first-order valence-electron chi connectivity index (χ1n) is 7.38. The van der Waals surface area contributed by atoms with Crippen molar-refractivity contribution in [1.29, 1.82) is 0 Å². The lowest BCUT2D eigenvalue weighted by atomic mass is 10.0. The van der Waals surface area contributed by atoms with Gasteiger partial charge in [0.2, 0.25) is 5.88 Å². The van der Waals surface area contributed by atoms with E-state index >= 15 is 0 Å². The Morgan fingerprint density at radius 3 is 2.40 bits per heavy atom. The summed E-state index contributed by atoms with van der Waals surface area (Å²) in [6, 6.07) is 8.33. The summed E-state index contributed by atoms with van der Waals surface area (Å²) in [6.07, 6.45) is 1.85. The molecule has 0 bridgehead atoms. The fourth-order valence-electron chi connectivity index (χ4n) is 2.39. The summed E-state index contributed by atoms with van der Waals surface area (Å²) < 4.78 is 1.74. The summed E-state index contributed by atoms with van der Waals surface area (Å²) in [6.45, 7) is 9.20. The highest BCUT2D eigenvalue weighted by Gasteiger charge is 2.18. The number of benzene rings is 1. The smallest absolute Gasteiger partial charge is 0.213 e. The number of rotatable bonds is 5. The molecule has 108 valence electrons. The monoisotopic (exact) mass is 272 g/mol. The van der Waals surface area contributed by atoms with Gasteiger partial charge in [-0.25, -0.2) is 4.68 Å². The highest BCUT2D eigenvalue weighted by molar-refractivity contribution is 5.65. The number of aromatic hydroxyl groups is 1. The van der Waals surface area contributed by atoms with Crippen molar-refractivity contribution in [3.63, 3.8) is 0 Å². The van der Waals surface area contributed by atoms with Gasteiger partial charge in [-0.15, -0.1) is 0 Å². The molecule has 0 amide bonds. The maximum Gasteiger partial charge on any atom is 0.213 e. The van der Waals surface area contributed by atoms with Crippen molar-refractivity contribution in [3.05, 3.63) is 35.4 Å². The fourth-order valence-corrected chi connectivity index (χ4v) is 2.39. The Morgan fingerprint density at radius 1 is 1.20 bits per heavy atom. The molecule has 2 rings (SSSR count). The van der Waals surface area contributed by atoms with Gasteiger partial charge in [0, 0.05) is 17.7 Å². The van der Waals surface area contributed by atoms with Crippen LogP contribution in [0.1, 0.15) is 38.3 Å². The van der Waals surface area contributed by atoms with Gasteiger partial charge in [-0.2, -0.15) is 5.10 Å². The van der Waals surface area contributed by atoms with Crippen molar-refractivity contribution < 1.29 is 5.11 Å². The molecule has 0 atom stereocenters. The Kier molecular flexibility index (Phi) is 4.48. The van der Waals surface area contributed by atoms with E-state index in [0.29, 0.717) is 11.8 Å². The molecule has 3 heteroatoms. The lowest BCUT2D eigenvalue weighted by Crippen LogP contribution is -2.05. The van der Waals surface area contributed by atoms with Crippen LogP contribution in [0.2, 0.25) is 0 Å². The average Bonchev–Trinajstić information content (AvgIpc) is 2.69. The molecule has 0 aliphatic carbocycles. The number of hydrogen-bond acceptors (Lipinski definition) is 2. The summed E-state index contributed by atoms with van der Waals surface area (Å²) in [4.78, 5) is 0. The molecule has 0 radical (unpaired) electrons. The summed E-state index contributed by atoms with van der Waals surface area (Å²) in [7, 11) is 0. The quantitative estimate of drug-likeness (QED) is 0.887. The van der Waals surface area contributed by atoms with E-state index in [2.05, 4.69) is 57.1 Å². The van der Waals surface area contributed by atoms with Gasteiger partial charge in [0.05, 0.1) is 5.69 Å². The van der Waals surface area contributed by atoms with Crippen LogP contribution in [-0.2, 0) is 13.0 Å². The lowest BCUT2D eigenvalue weighted by Gasteiger charge is -2.05. The molecule has 0 aliphatic heterocycles. The van der Waals surface area contributed by atoms with E-state index in [-0.39, 0.29) is 0 Å². The molecule has 1 heterocycles. The van der Waals surface area contributed by atoms with E-state index in [1.54, 1.807) is 4.68 Å². The first kappa shape index (κ1) is 14.6. The molecular weight excluding hydrogens is 248 g/mol. The van der Waals surface area contributed by atoms with Gasteiger partial charge in [0.25, 0.3) is 0 Å². The minimum absolute atomic E-state index is 0.330. The topological polar surface area (TPSA) is 38.0 Å². The van der Waals surface area contributed by atoms with E-state index in [9.17, 15) is 5.11 Å². The molecule has 1 aromatic carbocycles. The zero-order valence-corrected chi connectivity index (χ0v) is 12.8. The second kappa shape index (κ2) is 6.12. The van der Waals surface area contributed by atoms with Gasteiger partial charge in [-0.1, -0.05) is 57.0 Å². The Hall–Kier alpha value is -1.77. The van der Waals surface area contributed by atoms with Gasteiger partial charge in [-0.05, 0) is 19.3 Å². The van der Waals surface area contributed by atoms with Crippen molar-refractivity contribution in [2.45, 2.75) is 47.1 Å². The average molecular weight is 272 g/mol. The molecule has 20 heavy (non-hydrogen) atoms. The zero-order valence-electron chi connectivity index (χ0n) is 12.8. The SMILES string of the molecule is CCCc1c(-c2ccc(C)cc2)nn(CC(C)C)c1O. The number of aryl methyl sites for hydroxylation is 1. The maximum atomic E-state index is 10.4. The second-order valence-electron chi connectivity index (χ2n) is 5.84. The van der Waals surface area contributed by atoms with Crippen LogP contribution in [0.4, 0.5) is 0 Å². The van der Waals surface area contributed by atoms with Gasteiger partial charge >= 0.3 is 0 Å². The standard InChI is InChI=1S/C17H24N2O/c1-5-6-15-16(14-9-7-13(4)8-10-14)18-19(17(15)20)11-12(2)3/h7-10,12,20H,5-6,11H2,1-4H3. The van der Waals surface area contributed by atoms with E-state index in [1.165, 1.54) is 5.56 Å².